The van der Waals surface area contributed by atoms with Gasteiger partial charge in [-0.1, -0.05) is 48.2 Å². The number of ether oxygens (including phenoxy) is 1. The fourth-order valence-corrected chi connectivity index (χ4v) is 4.15. The largest absolute Gasteiger partial charge is 0.452 e. The molecule has 1 N–H and O–H groups in total. The van der Waals surface area contributed by atoms with Crippen molar-refractivity contribution in [2.75, 3.05) is 11.9 Å². The van der Waals surface area contributed by atoms with E-state index in [0.29, 0.717) is 22.0 Å². The van der Waals surface area contributed by atoms with Crippen LogP contribution in [-0.2, 0) is 9.53 Å². The number of carbonyl (C=O) groups is 2. The number of para-hydroxylation sites is 1. The number of nitrogens with zero attached hydrogens (tertiary/aromatic N) is 3. The molecule has 0 spiro atoms. The van der Waals surface area contributed by atoms with Crippen LogP contribution < -0.4 is 5.32 Å². The Kier molecular flexibility index (Phi) is 6.85. The zero-order valence-corrected chi connectivity index (χ0v) is 19.0. The van der Waals surface area contributed by atoms with Gasteiger partial charge in [0, 0.05) is 11.1 Å². The van der Waals surface area contributed by atoms with Gasteiger partial charge in [-0.05, 0) is 50.2 Å². The summed E-state index contributed by atoms with van der Waals surface area (Å²) in [5.74, 6) is -1.05. The number of rotatable bonds is 7. The number of esters is 1. The predicted molar refractivity (Wildman–Crippen MR) is 127 cm³/mol. The molecule has 0 saturated carbocycles. The number of carbonyl (C=O) groups excluding carboxylic acids is 2. The van der Waals surface area contributed by atoms with E-state index in [2.05, 4.69) is 15.4 Å². The van der Waals surface area contributed by atoms with Crippen LogP contribution in [-0.4, -0.2) is 33.2 Å². The topological polar surface area (TPSA) is 86.1 Å². The lowest BCUT2D eigenvalue weighted by Crippen LogP contribution is -2.22. The average Bonchev–Trinajstić information content (AvgIpc) is 3.12. The van der Waals surface area contributed by atoms with Gasteiger partial charge in [0.15, 0.2) is 6.61 Å². The molecule has 2 aromatic heterocycles. The molecule has 1 amide bonds. The molecule has 0 atom stereocenters. The third kappa shape index (κ3) is 5.30. The molecule has 4 rings (SSSR count). The van der Waals surface area contributed by atoms with Gasteiger partial charge in [0.05, 0.1) is 28.3 Å². The van der Waals surface area contributed by atoms with E-state index in [4.69, 9.17) is 4.74 Å². The maximum Gasteiger partial charge on any atom is 0.341 e. The van der Waals surface area contributed by atoms with Crippen LogP contribution in [0.25, 0.3) is 5.69 Å². The van der Waals surface area contributed by atoms with Crippen molar-refractivity contribution in [1.82, 2.24) is 14.8 Å². The van der Waals surface area contributed by atoms with Gasteiger partial charge < -0.3 is 10.1 Å². The number of hydrogen-bond donors (Lipinski definition) is 1. The summed E-state index contributed by atoms with van der Waals surface area (Å²) in [6.45, 7) is 3.27. The number of aromatic nitrogens is 3. The second kappa shape index (κ2) is 10.1. The van der Waals surface area contributed by atoms with Gasteiger partial charge in [-0.15, -0.1) is 0 Å². The lowest BCUT2D eigenvalue weighted by Gasteiger charge is -2.10. The molecular formula is C25H22N4O3S. The Morgan fingerprint density at radius 1 is 0.970 bits per heavy atom. The number of pyridine rings is 1. The molecule has 0 bridgehead atoms. The molecule has 0 radical (unpaired) electrons. The molecule has 2 heterocycles. The van der Waals surface area contributed by atoms with Crippen LogP contribution in [0.4, 0.5) is 5.69 Å². The maximum atomic E-state index is 12.7. The summed E-state index contributed by atoms with van der Waals surface area (Å²) < 4.78 is 7.04. The summed E-state index contributed by atoms with van der Waals surface area (Å²) in [7, 11) is 0. The van der Waals surface area contributed by atoms with Crippen LogP contribution >= 0.6 is 11.8 Å². The van der Waals surface area contributed by atoms with Crippen molar-refractivity contribution in [3.05, 3.63) is 95.9 Å². The minimum atomic E-state index is -0.606. The quantitative estimate of drug-likeness (QED) is 0.399. The van der Waals surface area contributed by atoms with Crippen LogP contribution in [0.5, 0.6) is 0 Å². The minimum absolute atomic E-state index is 0.309. The zero-order chi connectivity index (χ0) is 23.2. The molecule has 8 heteroatoms. The van der Waals surface area contributed by atoms with Gasteiger partial charge >= 0.3 is 5.97 Å². The highest BCUT2D eigenvalue weighted by molar-refractivity contribution is 7.99. The van der Waals surface area contributed by atoms with Crippen molar-refractivity contribution in [2.45, 2.75) is 23.8 Å². The van der Waals surface area contributed by atoms with Gasteiger partial charge in [0.1, 0.15) is 5.03 Å². The van der Waals surface area contributed by atoms with Crippen LogP contribution in [0.15, 0.2) is 88.9 Å². The Balaban J connectivity index is 1.41. The molecule has 0 fully saturated rings. The summed E-state index contributed by atoms with van der Waals surface area (Å²) in [6, 6.07) is 22.6. The Bertz CT molecular complexity index is 1270. The molecule has 0 saturated heterocycles. The van der Waals surface area contributed by atoms with E-state index < -0.39 is 18.5 Å². The highest BCUT2D eigenvalue weighted by atomic mass is 32.2. The zero-order valence-electron chi connectivity index (χ0n) is 18.2. The first-order valence-corrected chi connectivity index (χ1v) is 11.1. The number of aryl methyl sites for hydroxylation is 1. The fourth-order valence-electron chi connectivity index (χ4n) is 3.26. The average molecular weight is 459 g/mol. The highest BCUT2D eigenvalue weighted by Crippen LogP contribution is 2.28. The summed E-state index contributed by atoms with van der Waals surface area (Å²) in [4.78, 5) is 30.4. The summed E-state index contributed by atoms with van der Waals surface area (Å²) in [5.41, 5.74) is 3.26. The van der Waals surface area contributed by atoms with Crippen LogP contribution in [0.2, 0.25) is 0 Å². The second-order valence-corrected chi connectivity index (χ2v) is 8.25. The third-order valence-corrected chi connectivity index (χ3v) is 5.87. The number of nitrogens with one attached hydrogen (secondary N) is 1. The second-order valence-electron chi connectivity index (χ2n) is 7.19. The minimum Gasteiger partial charge on any atom is -0.452 e. The third-order valence-electron chi connectivity index (χ3n) is 4.84. The standard InChI is InChI=1S/C25H22N4O3S/c1-17-23(18(2)29(28-17)19-10-5-3-6-11-19)27-22(30)16-32-25(31)21-14-9-15-26-24(21)33-20-12-7-4-8-13-20/h3-15H,16H2,1-2H3,(H,27,30). The smallest absolute Gasteiger partial charge is 0.341 e. The first-order valence-electron chi connectivity index (χ1n) is 10.3. The first-order chi connectivity index (χ1) is 16.0. The maximum absolute atomic E-state index is 12.7. The van der Waals surface area contributed by atoms with Crippen LogP contribution in [0.3, 0.4) is 0 Å². The lowest BCUT2D eigenvalue weighted by molar-refractivity contribution is -0.119. The summed E-state index contributed by atoms with van der Waals surface area (Å²) >= 11 is 1.36. The van der Waals surface area contributed by atoms with E-state index in [1.165, 1.54) is 11.8 Å². The van der Waals surface area contributed by atoms with Crippen molar-refractivity contribution in [3.8, 4) is 5.69 Å². The predicted octanol–water partition coefficient (Wildman–Crippen LogP) is 4.83. The number of anilines is 1. The van der Waals surface area contributed by atoms with Crippen molar-refractivity contribution in [3.63, 3.8) is 0 Å². The van der Waals surface area contributed by atoms with E-state index in [1.54, 1.807) is 23.0 Å². The SMILES string of the molecule is Cc1nn(-c2ccccc2)c(C)c1NC(=O)COC(=O)c1cccnc1Sc1ccccc1. The molecule has 0 aliphatic rings. The van der Waals surface area contributed by atoms with E-state index in [0.717, 1.165) is 16.3 Å². The molecule has 4 aromatic rings. The van der Waals surface area contributed by atoms with E-state index in [9.17, 15) is 9.59 Å². The monoisotopic (exact) mass is 458 g/mol. The summed E-state index contributed by atoms with van der Waals surface area (Å²) in [6.07, 6.45) is 1.62. The Morgan fingerprint density at radius 3 is 2.39 bits per heavy atom. The Hall–Kier alpha value is -3.91. The van der Waals surface area contributed by atoms with Crippen molar-refractivity contribution in [2.24, 2.45) is 0 Å². The summed E-state index contributed by atoms with van der Waals surface area (Å²) in [5, 5.41) is 7.84. The van der Waals surface area contributed by atoms with Gasteiger partial charge in [0.25, 0.3) is 5.91 Å². The van der Waals surface area contributed by atoms with Crippen LogP contribution in [0.1, 0.15) is 21.7 Å². The lowest BCUT2D eigenvalue weighted by atomic mass is 10.3. The first kappa shape index (κ1) is 22.3. The molecule has 2 aromatic carbocycles. The van der Waals surface area contributed by atoms with E-state index >= 15 is 0 Å². The molecule has 0 aliphatic heterocycles. The van der Waals surface area contributed by atoms with Gasteiger partial charge in [-0.25, -0.2) is 14.5 Å². The van der Waals surface area contributed by atoms with E-state index in [1.807, 2.05) is 74.5 Å². The van der Waals surface area contributed by atoms with E-state index in [-0.39, 0.29) is 0 Å². The fraction of sp³-hybridized carbons (Fsp3) is 0.120. The Labute approximate surface area is 195 Å². The van der Waals surface area contributed by atoms with Gasteiger partial charge in [-0.3, -0.25) is 4.79 Å². The van der Waals surface area contributed by atoms with Crippen molar-refractivity contribution < 1.29 is 14.3 Å². The highest BCUT2D eigenvalue weighted by Gasteiger charge is 2.19. The molecule has 0 unspecified atom stereocenters. The molecule has 7 nitrogen and oxygen atoms in total. The van der Waals surface area contributed by atoms with Crippen molar-refractivity contribution in [1.29, 1.82) is 0 Å². The van der Waals surface area contributed by atoms with Gasteiger partial charge in [-0.2, -0.15) is 5.10 Å². The number of hydrogen-bond acceptors (Lipinski definition) is 6. The molecular weight excluding hydrogens is 436 g/mol. The van der Waals surface area contributed by atoms with Gasteiger partial charge in [0.2, 0.25) is 0 Å². The normalized spacial score (nSPS) is 10.6. The number of amides is 1. The van der Waals surface area contributed by atoms with Crippen molar-refractivity contribution >= 4 is 29.3 Å². The molecule has 0 aliphatic carbocycles. The van der Waals surface area contributed by atoms with Crippen LogP contribution in [0, 0.1) is 13.8 Å². The molecule has 166 valence electrons. The molecule has 33 heavy (non-hydrogen) atoms. The Morgan fingerprint density at radius 2 is 1.67 bits per heavy atom. The number of benzene rings is 2.